The number of carboxylic acid groups (broad SMARTS) is 1. The topological polar surface area (TPSA) is 87.7 Å². The van der Waals surface area contributed by atoms with Gasteiger partial charge in [-0.15, -0.1) is 0 Å². The summed E-state index contributed by atoms with van der Waals surface area (Å²) in [5.41, 5.74) is 2.87. The number of carbonyl (C=O) groups is 1. The van der Waals surface area contributed by atoms with E-state index in [0.29, 0.717) is 18.0 Å². The van der Waals surface area contributed by atoms with Gasteiger partial charge in [0.1, 0.15) is 0 Å². The van der Waals surface area contributed by atoms with E-state index in [1.165, 1.54) is 12.8 Å². The Balaban J connectivity index is 1.72. The Hall–Kier alpha value is -3.48. The standard InChI is InChI=1S/C23H25N3O4/c1-29-21-10-9-19(12-22(21)30-20-7-2-3-8-20)26(15-16-13-24-25-14-16)18-6-4-5-17(11-18)23(27)28/h4-6,9-14,20H,2-3,7-8,15H2,1H3,(H,24,25)(H,27,28). The summed E-state index contributed by atoms with van der Waals surface area (Å²) in [6.45, 7) is 0.523. The monoisotopic (exact) mass is 407 g/mol. The van der Waals surface area contributed by atoms with Crippen molar-refractivity contribution < 1.29 is 19.4 Å². The third-order valence-electron chi connectivity index (χ3n) is 5.36. The van der Waals surface area contributed by atoms with Gasteiger partial charge in [0.2, 0.25) is 0 Å². The molecule has 0 amide bonds. The first-order valence-electron chi connectivity index (χ1n) is 10.1. The molecule has 1 heterocycles. The summed E-state index contributed by atoms with van der Waals surface area (Å²) in [4.78, 5) is 13.5. The number of carboxylic acids is 1. The van der Waals surface area contributed by atoms with Gasteiger partial charge >= 0.3 is 5.97 Å². The van der Waals surface area contributed by atoms with Gasteiger partial charge in [0.15, 0.2) is 11.5 Å². The quantitative estimate of drug-likeness (QED) is 0.559. The number of H-pyrrole nitrogens is 1. The summed E-state index contributed by atoms with van der Waals surface area (Å²) in [7, 11) is 1.64. The van der Waals surface area contributed by atoms with Gasteiger partial charge in [-0.3, -0.25) is 5.10 Å². The first-order chi connectivity index (χ1) is 14.6. The number of aromatic nitrogens is 2. The van der Waals surface area contributed by atoms with Crippen LogP contribution in [0.15, 0.2) is 54.9 Å². The van der Waals surface area contributed by atoms with E-state index in [1.807, 2.05) is 35.4 Å². The number of anilines is 2. The molecule has 0 unspecified atom stereocenters. The zero-order valence-corrected chi connectivity index (χ0v) is 16.9. The van der Waals surface area contributed by atoms with Crippen molar-refractivity contribution in [3.8, 4) is 11.5 Å². The Labute approximate surface area is 175 Å². The van der Waals surface area contributed by atoms with Crippen LogP contribution in [0.4, 0.5) is 11.4 Å². The fourth-order valence-electron chi connectivity index (χ4n) is 3.80. The van der Waals surface area contributed by atoms with Crippen molar-refractivity contribution >= 4 is 17.3 Å². The Morgan fingerprint density at radius 2 is 1.97 bits per heavy atom. The maximum Gasteiger partial charge on any atom is 0.335 e. The lowest BCUT2D eigenvalue weighted by molar-refractivity contribution is 0.0697. The van der Waals surface area contributed by atoms with E-state index >= 15 is 0 Å². The molecule has 2 N–H and O–H groups in total. The van der Waals surface area contributed by atoms with E-state index in [2.05, 4.69) is 10.2 Å². The van der Waals surface area contributed by atoms with E-state index in [0.717, 1.165) is 29.8 Å². The molecule has 2 aromatic carbocycles. The molecule has 1 saturated carbocycles. The predicted octanol–water partition coefficient (Wildman–Crippen LogP) is 4.78. The molecule has 1 aromatic heterocycles. The number of rotatable bonds is 8. The number of aromatic carboxylic acids is 1. The van der Waals surface area contributed by atoms with E-state index < -0.39 is 5.97 Å². The molecule has 3 aromatic rings. The molecule has 0 bridgehead atoms. The fourth-order valence-corrected chi connectivity index (χ4v) is 3.80. The molecular formula is C23H25N3O4. The molecular weight excluding hydrogens is 382 g/mol. The van der Waals surface area contributed by atoms with Gasteiger partial charge in [-0.1, -0.05) is 6.07 Å². The van der Waals surface area contributed by atoms with Gasteiger partial charge < -0.3 is 19.5 Å². The Bertz CT molecular complexity index is 997. The predicted molar refractivity (Wildman–Crippen MR) is 114 cm³/mol. The molecule has 0 aliphatic heterocycles. The minimum absolute atomic E-state index is 0.201. The number of benzene rings is 2. The highest BCUT2D eigenvalue weighted by molar-refractivity contribution is 5.89. The summed E-state index contributed by atoms with van der Waals surface area (Å²) in [6.07, 6.45) is 8.25. The lowest BCUT2D eigenvalue weighted by Crippen LogP contribution is -2.17. The zero-order valence-electron chi connectivity index (χ0n) is 16.9. The molecule has 156 valence electrons. The van der Waals surface area contributed by atoms with E-state index in [4.69, 9.17) is 9.47 Å². The first kappa shape index (κ1) is 19.8. The highest BCUT2D eigenvalue weighted by Crippen LogP contribution is 2.37. The molecule has 7 heteroatoms. The van der Waals surface area contributed by atoms with Crippen LogP contribution in [0.1, 0.15) is 41.6 Å². The summed E-state index contributed by atoms with van der Waals surface area (Å²) in [6, 6.07) is 12.7. The van der Waals surface area contributed by atoms with Gasteiger partial charge in [-0.05, 0) is 56.0 Å². The van der Waals surface area contributed by atoms with Crippen molar-refractivity contribution in [2.24, 2.45) is 0 Å². The largest absolute Gasteiger partial charge is 0.493 e. The summed E-state index contributed by atoms with van der Waals surface area (Å²) >= 11 is 0. The molecule has 4 rings (SSSR count). The molecule has 30 heavy (non-hydrogen) atoms. The normalized spacial score (nSPS) is 13.9. The first-order valence-corrected chi connectivity index (χ1v) is 10.1. The van der Waals surface area contributed by atoms with E-state index in [1.54, 1.807) is 31.5 Å². The molecule has 1 aliphatic carbocycles. The number of nitrogens with zero attached hydrogens (tertiary/aromatic N) is 2. The second-order valence-electron chi connectivity index (χ2n) is 7.41. The Kier molecular flexibility index (Phi) is 5.88. The van der Waals surface area contributed by atoms with Crippen LogP contribution in [0.5, 0.6) is 11.5 Å². The number of hydrogen-bond acceptors (Lipinski definition) is 5. The molecule has 1 aliphatic rings. The average molecular weight is 407 g/mol. The number of aromatic amines is 1. The zero-order chi connectivity index (χ0) is 20.9. The molecule has 7 nitrogen and oxygen atoms in total. The molecule has 0 spiro atoms. The van der Waals surface area contributed by atoms with Crippen molar-refractivity contribution in [3.63, 3.8) is 0 Å². The number of hydrogen-bond donors (Lipinski definition) is 2. The summed E-state index contributed by atoms with van der Waals surface area (Å²) in [5.74, 6) is 0.432. The maximum absolute atomic E-state index is 11.5. The molecule has 0 radical (unpaired) electrons. The van der Waals surface area contributed by atoms with Crippen LogP contribution in [0.2, 0.25) is 0 Å². The average Bonchev–Trinajstić information content (AvgIpc) is 3.46. The summed E-state index contributed by atoms with van der Waals surface area (Å²) in [5, 5.41) is 16.3. The third kappa shape index (κ3) is 4.40. The van der Waals surface area contributed by atoms with Crippen molar-refractivity contribution in [2.75, 3.05) is 12.0 Å². The van der Waals surface area contributed by atoms with Crippen LogP contribution in [0.3, 0.4) is 0 Å². The lowest BCUT2D eigenvalue weighted by atomic mass is 10.1. The minimum atomic E-state index is -0.958. The van der Waals surface area contributed by atoms with Gasteiger partial charge in [0.25, 0.3) is 0 Å². The van der Waals surface area contributed by atoms with Crippen LogP contribution < -0.4 is 14.4 Å². The minimum Gasteiger partial charge on any atom is -0.493 e. The van der Waals surface area contributed by atoms with E-state index in [-0.39, 0.29) is 11.7 Å². The van der Waals surface area contributed by atoms with Crippen LogP contribution in [-0.4, -0.2) is 34.5 Å². The van der Waals surface area contributed by atoms with Crippen molar-refractivity contribution in [1.29, 1.82) is 0 Å². The van der Waals surface area contributed by atoms with Gasteiger partial charge in [0, 0.05) is 29.2 Å². The highest BCUT2D eigenvalue weighted by Gasteiger charge is 2.20. The Morgan fingerprint density at radius 1 is 1.17 bits per heavy atom. The van der Waals surface area contributed by atoms with Gasteiger partial charge in [0.05, 0.1) is 31.5 Å². The highest BCUT2D eigenvalue weighted by atomic mass is 16.5. The van der Waals surface area contributed by atoms with Gasteiger partial charge in [-0.25, -0.2) is 4.79 Å². The Morgan fingerprint density at radius 3 is 2.67 bits per heavy atom. The fraction of sp³-hybridized carbons (Fsp3) is 0.304. The molecule has 0 saturated heterocycles. The van der Waals surface area contributed by atoms with Crippen LogP contribution in [0.25, 0.3) is 0 Å². The van der Waals surface area contributed by atoms with Gasteiger partial charge in [-0.2, -0.15) is 5.10 Å². The summed E-state index contributed by atoms with van der Waals surface area (Å²) < 4.78 is 11.8. The molecule has 0 atom stereocenters. The smallest absolute Gasteiger partial charge is 0.335 e. The van der Waals surface area contributed by atoms with Crippen LogP contribution >= 0.6 is 0 Å². The SMILES string of the molecule is COc1ccc(N(Cc2cn[nH]c2)c2cccc(C(=O)O)c2)cc1OC1CCCC1. The van der Waals surface area contributed by atoms with Crippen molar-refractivity contribution in [3.05, 3.63) is 66.0 Å². The number of methoxy groups -OCH3 is 1. The number of nitrogens with one attached hydrogen (secondary N) is 1. The second kappa shape index (κ2) is 8.90. The van der Waals surface area contributed by atoms with Crippen LogP contribution in [-0.2, 0) is 6.54 Å². The van der Waals surface area contributed by atoms with Crippen LogP contribution in [0, 0.1) is 0 Å². The van der Waals surface area contributed by atoms with Crippen molar-refractivity contribution in [2.45, 2.75) is 38.3 Å². The second-order valence-corrected chi connectivity index (χ2v) is 7.41. The maximum atomic E-state index is 11.5. The third-order valence-corrected chi connectivity index (χ3v) is 5.36. The van der Waals surface area contributed by atoms with Crippen molar-refractivity contribution in [1.82, 2.24) is 10.2 Å². The lowest BCUT2D eigenvalue weighted by Gasteiger charge is -2.26. The van der Waals surface area contributed by atoms with E-state index in [9.17, 15) is 9.90 Å². The molecule has 1 fully saturated rings. The number of ether oxygens (including phenoxy) is 2.